The van der Waals surface area contributed by atoms with Crippen molar-refractivity contribution < 1.29 is 14.3 Å². The molecule has 154 valence electrons. The molecule has 11 heteroatoms. The van der Waals surface area contributed by atoms with Crippen LogP contribution in [0.1, 0.15) is 20.7 Å². The summed E-state index contributed by atoms with van der Waals surface area (Å²) in [6.45, 7) is 0. The van der Waals surface area contributed by atoms with Crippen molar-refractivity contribution in [3.63, 3.8) is 0 Å². The molecule has 31 heavy (non-hydrogen) atoms. The largest absolute Gasteiger partial charge is 0.439 e. The molecule has 0 aliphatic rings. The number of benzene rings is 1. The number of carbonyl (C=O) groups excluding carboxylic acids is 2. The molecule has 0 aliphatic heterocycles. The highest BCUT2D eigenvalue weighted by molar-refractivity contribution is 6.30. The average molecular weight is 455 g/mol. The van der Waals surface area contributed by atoms with Crippen molar-refractivity contribution in [2.45, 2.75) is 0 Å². The van der Waals surface area contributed by atoms with E-state index in [1.165, 1.54) is 21.4 Å². The molecule has 5 rings (SSSR count). The molecule has 0 bridgehead atoms. The molecule has 0 aliphatic carbocycles. The molecule has 4 aromatic heterocycles. The van der Waals surface area contributed by atoms with Gasteiger partial charge in [-0.05, 0) is 24.3 Å². The number of hydrogen-bond acceptors (Lipinski definition) is 7. The smallest absolute Gasteiger partial charge is 0.222 e. The second-order valence-electron chi connectivity index (χ2n) is 6.05. The predicted molar refractivity (Wildman–Crippen MR) is 113 cm³/mol. The van der Waals surface area contributed by atoms with Crippen LogP contribution in [0.2, 0.25) is 10.2 Å². The predicted octanol–water partition coefficient (Wildman–Crippen LogP) is 4.18. The fourth-order valence-electron chi connectivity index (χ4n) is 2.61. The van der Waals surface area contributed by atoms with Crippen molar-refractivity contribution in [1.29, 1.82) is 0 Å². The van der Waals surface area contributed by atoms with E-state index in [0.717, 1.165) is 0 Å². The molecule has 9 nitrogen and oxygen atoms in total. The molecule has 4 heterocycles. The number of rotatable bonds is 4. The number of hydrogen-bond donors (Lipinski definition) is 0. The number of carbonyl (C=O) groups is 2. The first-order valence-electron chi connectivity index (χ1n) is 8.75. The third kappa shape index (κ3) is 4.52. The summed E-state index contributed by atoms with van der Waals surface area (Å²) in [4.78, 5) is 29.5. The lowest BCUT2D eigenvalue weighted by atomic mass is 10.3. The Labute approximate surface area is 184 Å². The molecule has 0 spiro atoms. The van der Waals surface area contributed by atoms with Crippen LogP contribution in [0.4, 0.5) is 0 Å². The molecule has 0 atom stereocenters. The van der Waals surface area contributed by atoms with Crippen LogP contribution < -0.4 is 4.74 Å². The minimum absolute atomic E-state index is 0.353. The van der Waals surface area contributed by atoms with Gasteiger partial charge >= 0.3 is 0 Å². The number of aldehydes is 2. The van der Waals surface area contributed by atoms with Gasteiger partial charge in [-0.2, -0.15) is 15.2 Å². The summed E-state index contributed by atoms with van der Waals surface area (Å²) in [6, 6.07) is 10.3. The summed E-state index contributed by atoms with van der Waals surface area (Å²) in [5, 5.41) is 8.83. The number of fused-ring (bicyclic) bond motifs is 2. The highest BCUT2D eigenvalue weighted by Crippen LogP contribution is 2.23. The Bertz CT molecular complexity index is 1400. The SMILES string of the molecule is O=Cc1cnn2ccc(Cl)nc12.O=Cc1cnn2ccc(Oc3cccc(Cl)c3)nc12. The summed E-state index contributed by atoms with van der Waals surface area (Å²) in [6.07, 6.45) is 7.64. The third-order valence-corrected chi connectivity index (χ3v) is 4.45. The van der Waals surface area contributed by atoms with Crippen molar-refractivity contribution in [2.24, 2.45) is 0 Å². The van der Waals surface area contributed by atoms with Gasteiger partial charge in [0.2, 0.25) is 5.88 Å². The monoisotopic (exact) mass is 454 g/mol. The third-order valence-electron chi connectivity index (χ3n) is 4.01. The second kappa shape index (κ2) is 8.90. The average Bonchev–Trinajstić information content (AvgIpc) is 3.37. The van der Waals surface area contributed by atoms with Gasteiger partial charge in [0, 0.05) is 23.5 Å². The summed E-state index contributed by atoms with van der Waals surface area (Å²) >= 11 is 11.5. The first-order chi connectivity index (χ1) is 15.1. The van der Waals surface area contributed by atoms with Gasteiger partial charge in [-0.3, -0.25) is 9.59 Å². The fraction of sp³-hybridized carbons (Fsp3) is 0. The van der Waals surface area contributed by atoms with E-state index < -0.39 is 0 Å². The van der Waals surface area contributed by atoms with Crippen LogP contribution in [0, 0.1) is 0 Å². The maximum absolute atomic E-state index is 10.8. The minimum atomic E-state index is 0.353. The van der Waals surface area contributed by atoms with Crippen LogP contribution in [0.25, 0.3) is 11.3 Å². The van der Waals surface area contributed by atoms with Crippen molar-refractivity contribution >= 4 is 47.1 Å². The highest BCUT2D eigenvalue weighted by Gasteiger charge is 2.07. The second-order valence-corrected chi connectivity index (χ2v) is 6.87. The van der Waals surface area contributed by atoms with E-state index in [9.17, 15) is 9.59 Å². The van der Waals surface area contributed by atoms with E-state index in [2.05, 4.69) is 20.2 Å². The highest BCUT2D eigenvalue weighted by atomic mass is 35.5. The van der Waals surface area contributed by atoms with Crippen LogP contribution in [0.3, 0.4) is 0 Å². The summed E-state index contributed by atoms with van der Waals surface area (Å²) < 4.78 is 8.59. The first kappa shape index (κ1) is 20.5. The zero-order valence-electron chi connectivity index (χ0n) is 15.6. The van der Waals surface area contributed by atoms with Crippen LogP contribution in [0.5, 0.6) is 11.6 Å². The van der Waals surface area contributed by atoms with E-state index in [0.29, 0.717) is 56.8 Å². The van der Waals surface area contributed by atoms with Crippen molar-refractivity contribution in [3.8, 4) is 11.6 Å². The van der Waals surface area contributed by atoms with E-state index in [-0.39, 0.29) is 0 Å². The number of nitrogens with zero attached hydrogens (tertiary/aromatic N) is 6. The standard InChI is InChI=1S/C13H8ClN3O2.C7H4ClN3O/c14-10-2-1-3-11(6-10)19-12-4-5-17-13(16-12)9(8-18)7-15-17;8-6-1-2-11-7(10-6)5(4-12)3-9-11/h1-8H;1-4H. The van der Waals surface area contributed by atoms with Gasteiger partial charge in [-0.15, -0.1) is 0 Å². The Morgan fingerprint density at radius 1 is 0.839 bits per heavy atom. The fourth-order valence-corrected chi connectivity index (χ4v) is 2.93. The van der Waals surface area contributed by atoms with Crippen LogP contribution >= 0.6 is 23.2 Å². The Kier molecular flexibility index (Phi) is 5.87. The molecule has 0 saturated heterocycles. The molecule has 1 aromatic carbocycles. The summed E-state index contributed by atoms with van der Waals surface area (Å²) in [5.41, 5.74) is 1.79. The Hall–Kier alpha value is -3.82. The molecular weight excluding hydrogens is 443 g/mol. The zero-order chi connectivity index (χ0) is 21.8. The molecule has 0 amide bonds. The lowest BCUT2D eigenvalue weighted by Crippen LogP contribution is -1.94. The van der Waals surface area contributed by atoms with E-state index in [1.807, 2.05) is 0 Å². The van der Waals surface area contributed by atoms with Gasteiger partial charge in [0.25, 0.3) is 0 Å². The normalized spacial score (nSPS) is 10.5. The van der Waals surface area contributed by atoms with Crippen LogP contribution in [-0.4, -0.2) is 41.8 Å². The molecule has 0 radical (unpaired) electrons. The van der Waals surface area contributed by atoms with E-state index in [4.69, 9.17) is 27.9 Å². The van der Waals surface area contributed by atoms with Crippen LogP contribution in [-0.2, 0) is 0 Å². The molecule has 5 aromatic rings. The van der Waals surface area contributed by atoms with Crippen LogP contribution in [0.15, 0.2) is 61.2 Å². The summed E-state index contributed by atoms with van der Waals surface area (Å²) in [5.74, 6) is 0.954. The topological polar surface area (TPSA) is 104 Å². The van der Waals surface area contributed by atoms with Gasteiger partial charge in [-0.25, -0.2) is 14.0 Å². The summed E-state index contributed by atoms with van der Waals surface area (Å²) in [7, 11) is 0. The minimum Gasteiger partial charge on any atom is -0.439 e. The first-order valence-corrected chi connectivity index (χ1v) is 9.51. The van der Waals surface area contributed by atoms with Crippen molar-refractivity contribution in [2.75, 3.05) is 0 Å². The maximum atomic E-state index is 10.8. The van der Waals surface area contributed by atoms with Gasteiger partial charge in [-0.1, -0.05) is 29.3 Å². The van der Waals surface area contributed by atoms with E-state index in [1.54, 1.807) is 48.8 Å². The quantitative estimate of drug-likeness (QED) is 0.296. The Morgan fingerprint density at radius 2 is 1.48 bits per heavy atom. The maximum Gasteiger partial charge on any atom is 0.222 e. The van der Waals surface area contributed by atoms with Gasteiger partial charge < -0.3 is 4.74 Å². The van der Waals surface area contributed by atoms with E-state index >= 15 is 0 Å². The van der Waals surface area contributed by atoms with Crippen molar-refractivity contribution in [1.82, 2.24) is 29.2 Å². The molecule has 0 unspecified atom stereocenters. The Morgan fingerprint density at radius 3 is 2.13 bits per heavy atom. The molecule has 0 saturated carbocycles. The number of halogens is 2. The van der Waals surface area contributed by atoms with Gasteiger partial charge in [0.1, 0.15) is 10.9 Å². The zero-order valence-corrected chi connectivity index (χ0v) is 17.1. The molecular formula is C20H12Cl2N6O3. The molecule has 0 fully saturated rings. The number of ether oxygens (including phenoxy) is 1. The number of aromatic nitrogens is 6. The van der Waals surface area contributed by atoms with Gasteiger partial charge in [0.15, 0.2) is 23.9 Å². The Balaban J connectivity index is 0.000000166. The lowest BCUT2D eigenvalue weighted by Gasteiger charge is -2.05. The van der Waals surface area contributed by atoms with Crippen molar-refractivity contribution in [3.05, 3.63) is 82.5 Å². The molecule has 0 N–H and O–H groups in total. The van der Waals surface area contributed by atoms with Gasteiger partial charge in [0.05, 0.1) is 23.5 Å². The lowest BCUT2D eigenvalue weighted by molar-refractivity contribution is 0.111.